The third-order valence-electron chi connectivity index (χ3n) is 5.42. The molecule has 1 atom stereocenters. The van der Waals surface area contributed by atoms with E-state index in [1.165, 1.54) is 6.08 Å². The lowest BCUT2D eigenvalue weighted by Crippen LogP contribution is -2.53. The molecular weight excluding hydrogens is 338 g/mol. The van der Waals surface area contributed by atoms with E-state index in [4.69, 9.17) is 0 Å². The summed E-state index contributed by atoms with van der Waals surface area (Å²) >= 11 is 0. The van der Waals surface area contributed by atoms with Crippen LogP contribution in [0.2, 0.25) is 0 Å². The summed E-state index contributed by atoms with van der Waals surface area (Å²) in [4.78, 5) is 31.1. The Morgan fingerprint density at radius 3 is 2.37 bits per heavy atom. The molecule has 1 saturated heterocycles. The molecule has 0 aliphatic carbocycles. The van der Waals surface area contributed by atoms with Gasteiger partial charge in [0.05, 0.1) is 11.5 Å². The smallest absolute Gasteiger partial charge is 0.245 e. The molecule has 1 aromatic carbocycles. The fourth-order valence-electron chi connectivity index (χ4n) is 3.71. The van der Waals surface area contributed by atoms with Crippen LogP contribution in [0.1, 0.15) is 36.9 Å². The van der Waals surface area contributed by atoms with Gasteiger partial charge < -0.3 is 10.2 Å². The molecule has 0 spiro atoms. The number of likely N-dealkylation sites (tertiary alicyclic amines) is 1. The van der Waals surface area contributed by atoms with Crippen LogP contribution in [0.4, 0.5) is 0 Å². The van der Waals surface area contributed by atoms with Crippen LogP contribution in [0.15, 0.2) is 67.5 Å². The van der Waals surface area contributed by atoms with E-state index in [0.717, 1.165) is 11.1 Å². The predicted molar refractivity (Wildman–Crippen MR) is 105 cm³/mol. The Labute approximate surface area is 160 Å². The van der Waals surface area contributed by atoms with Crippen LogP contribution in [0.25, 0.3) is 0 Å². The van der Waals surface area contributed by atoms with Crippen molar-refractivity contribution < 1.29 is 9.59 Å². The maximum Gasteiger partial charge on any atom is 0.245 e. The largest absolute Gasteiger partial charge is 0.349 e. The van der Waals surface area contributed by atoms with Crippen LogP contribution >= 0.6 is 0 Å². The Bertz CT molecular complexity index is 797. The van der Waals surface area contributed by atoms with Gasteiger partial charge in [0.15, 0.2) is 0 Å². The number of benzene rings is 1. The minimum atomic E-state index is -0.638. The molecule has 1 aromatic heterocycles. The van der Waals surface area contributed by atoms with Gasteiger partial charge in [0.1, 0.15) is 0 Å². The Hall–Kier alpha value is -2.95. The Morgan fingerprint density at radius 2 is 1.78 bits per heavy atom. The van der Waals surface area contributed by atoms with Gasteiger partial charge in [-0.1, -0.05) is 36.9 Å². The number of aromatic nitrogens is 1. The van der Waals surface area contributed by atoms with Crippen molar-refractivity contribution in [1.82, 2.24) is 15.2 Å². The van der Waals surface area contributed by atoms with Crippen molar-refractivity contribution in [2.75, 3.05) is 13.1 Å². The summed E-state index contributed by atoms with van der Waals surface area (Å²) in [6, 6.07) is 13.6. The van der Waals surface area contributed by atoms with E-state index in [9.17, 15) is 9.59 Å². The lowest BCUT2D eigenvalue weighted by atomic mass is 9.71. The first-order valence-corrected chi connectivity index (χ1v) is 9.24. The summed E-state index contributed by atoms with van der Waals surface area (Å²) in [7, 11) is 0. The third-order valence-corrected chi connectivity index (χ3v) is 5.42. The molecule has 1 aliphatic heterocycles. The van der Waals surface area contributed by atoms with Crippen LogP contribution in [0.5, 0.6) is 0 Å². The second-order valence-corrected chi connectivity index (χ2v) is 6.95. The average Bonchev–Trinajstić information content (AvgIpc) is 2.74. The number of carbonyl (C=O) groups is 2. The van der Waals surface area contributed by atoms with E-state index in [1.54, 1.807) is 17.3 Å². The summed E-state index contributed by atoms with van der Waals surface area (Å²) < 4.78 is 0. The highest BCUT2D eigenvalue weighted by Gasteiger charge is 2.43. The zero-order chi connectivity index (χ0) is 19.3. The molecule has 5 nitrogen and oxygen atoms in total. The van der Waals surface area contributed by atoms with Gasteiger partial charge in [-0.25, -0.2) is 0 Å². The quantitative estimate of drug-likeness (QED) is 0.831. The number of piperidine rings is 1. The Kier molecular flexibility index (Phi) is 5.69. The minimum absolute atomic E-state index is 0.00344. The van der Waals surface area contributed by atoms with E-state index < -0.39 is 5.41 Å². The highest BCUT2D eigenvalue weighted by atomic mass is 16.2. The number of hydrogen-bond acceptors (Lipinski definition) is 3. The fourth-order valence-corrected chi connectivity index (χ4v) is 3.71. The summed E-state index contributed by atoms with van der Waals surface area (Å²) in [5.41, 5.74) is 1.37. The minimum Gasteiger partial charge on any atom is -0.349 e. The number of carbonyl (C=O) groups excluding carboxylic acids is 2. The average molecular weight is 363 g/mol. The number of nitrogens with one attached hydrogen (secondary N) is 1. The van der Waals surface area contributed by atoms with Crippen molar-refractivity contribution in [3.05, 3.63) is 78.6 Å². The number of nitrogens with zero attached hydrogens (tertiary/aromatic N) is 2. The lowest BCUT2D eigenvalue weighted by Gasteiger charge is -2.41. The first-order valence-electron chi connectivity index (χ1n) is 9.24. The van der Waals surface area contributed by atoms with Crippen molar-refractivity contribution in [3.63, 3.8) is 0 Å². The van der Waals surface area contributed by atoms with Crippen LogP contribution in [0, 0.1) is 0 Å². The molecule has 0 saturated carbocycles. The SMILES string of the molecule is C=CC(=O)N1CCC(C(=O)NC(C)c2ccncc2)(c2ccccc2)CC1. The van der Waals surface area contributed by atoms with Crippen LogP contribution < -0.4 is 5.32 Å². The summed E-state index contributed by atoms with van der Waals surface area (Å²) in [6.07, 6.45) is 5.97. The fraction of sp³-hybridized carbons (Fsp3) is 0.318. The Morgan fingerprint density at radius 1 is 1.15 bits per heavy atom. The molecule has 27 heavy (non-hydrogen) atoms. The van der Waals surface area contributed by atoms with Crippen molar-refractivity contribution >= 4 is 11.8 Å². The molecule has 0 bridgehead atoms. The molecule has 1 unspecified atom stereocenters. The maximum atomic E-state index is 13.4. The number of rotatable bonds is 5. The molecule has 2 amide bonds. The molecule has 2 aromatic rings. The molecule has 5 heteroatoms. The van der Waals surface area contributed by atoms with Crippen molar-refractivity contribution in [2.24, 2.45) is 0 Å². The van der Waals surface area contributed by atoms with Crippen molar-refractivity contribution in [3.8, 4) is 0 Å². The number of amides is 2. The van der Waals surface area contributed by atoms with Crippen LogP contribution in [-0.4, -0.2) is 34.8 Å². The normalized spacial score (nSPS) is 17.0. The lowest BCUT2D eigenvalue weighted by molar-refractivity contribution is -0.134. The zero-order valence-electron chi connectivity index (χ0n) is 15.6. The second kappa shape index (κ2) is 8.16. The van der Waals surface area contributed by atoms with Crippen molar-refractivity contribution in [2.45, 2.75) is 31.2 Å². The van der Waals surface area contributed by atoms with Gasteiger partial charge in [0.25, 0.3) is 0 Å². The van der Waals surface area contributed by atoms with Gasteiger partial charge in [-0.05, 0) is 49.1 Å². The molecule has 2 heterocycles. The first-order chi connectivity index (χ1) is 13.1. The molecule has 1 fully saturated rings. The summed E-state index contributed by atoms with van der Waals surface area (Å²) in [5.74, 6) is -0.0778. The van der Waals surface area contributed by atoms with Crippen LogP contribution in [0.3, 0.4) is 0 Å². The van der Waals surface area contributed by atoms with E-state index >= 15 is 0 Å². The van der Waals surface area contributed by atoms with E-state index in [2.05, 4.69) is 16.9 Å². The van der Waals surface area contributed by atoms with Crippen molar-refractivity contribution in [1.29, 1.82) is 0 Å². The number of hydrogen-bond donors (Lipinski definition) is 1. The first kappa shape index (κ1) is 18.8. The second-order valence-electron chi connectivity index (χ2n) is 6.95. The van der Waals surface area contributed by atoms with E-state index in [1.807, 2.05) is 49.4 Å². The van der Waals surface area contributed by atoms with Gasteiger partial charge in [0, 0.05) is 25.5 Å². The summed E-state index contributed by atoms with van der Waals surface area (Å²) in [5, 5.41) is 3.17. The van der Waals surface area contributed by atoms with Gasteiger partial charge in [-0.3, -0.25) is 14.6 Å². The molecular formula is C22H25N3O2. The maximum absolute atomic E-state index is 13.4. The monoisotopic (exact) mass is 363 g/mol. The summed E-state index contributed by atoms with van der Waals surface area (Å²) in [6.45, 7) is 6.61. The topological polar surface area (TPSA) is 62.3 Å². The van der Waals surface area contributed by atoms with Crippen LogP contribution in [-0.2, 0) is 15.0 Å². The zero-order valence-corrected chi connectivity index (χ0v) is 15.6. The Balaban J connectivity index is 1.84. The highest BCUT2D eigenvalue weighted by molar-refractivity contribution is 5.90. The molecule has 140 valence electrons. The standard InChI is InChI=1S/C22H25N3O2/c1-3-20(26)25-15-11-22(12-16-25,19-7-5-4-6-8-19)21(27)24-17(2)18-9-13-23-14-10-18/h3-10,13-14,17H,1,11-12,15-16H2,2H3,(H,24,27). The van der Waals surface area contributed by atoms with E-state index in [-0.39, 0.29) is 17.9 Å². The molecule has 3 rings (SSSR count). The van der Waals surface area contributed by atoms with Gasteiger partial charge in [-0.2, -0.15) is 0 Å². The molecule has 1 aliphatic rings. The van der Waals surface area contributed by atoms with Gasteiger partial charge >= 0.3 is 0 Å². The number of pyridine rings is 1. The van der Waals surface area contributed by atoms with E-state index in [0.29, 0.717) is 25.9 Å². The molecule has 0 radical (unpaired) electrons. The predicted octanol–water partition coefficient (Wildman–Crippen LogP) is 3.01. The van der Waals surface area contributed by atoms with Gasteiger partial charge in [0.2, 0.25) is 11.8 Å². The van der Waals surface area contributed by atoms with Gasteiger partial charge in [-0.15, -0.1) is 0 Å². The third kappa shape index (κ3) is 3.92. The highest BCUT2D eigenvalue weighted by Crippen LogP contribution is 2.36. The molecule has 1 N–H and O–H groups in total.